The molecule has 1 aromatic heterocycles. The summed E-state index contributed by atoms with van der Waals surface area (Å²) >= 11 is 0. The number of likely N-dealkylation sites (N-methyl/N-ethyl adjacent to an activating group) is 1. The van der Waals surface area contributed by atoms with Crippen LogP contribution in [0.3, 0.4) is 0 Å². The number of hydrogen-bond donors (Lipinski definition) is 2. The number of nitrogens with one attached hydrogen (secondary N) is 1. The average molecular weight is 527 g/mol. The zero-order valence-corrected chi connectivity index (χ0v) is 22.9. The largest absolute Gasteiger partial charge is 0.382 e. The van der Waals surface area contributed by atoms with E-state index in [1.165, 1.54) is 6.07 Å². The first-order valence-electron chi connectivity index (χ1n) is 13.6. The maximum absolute atomic E-state index is 15.5. The summed E-state index contributed by atoms with van der Waals surface area (Å²) in [6.45, 7) is 6.48. The number of fused-ring (bicyclic) bond motifs is 3. The van der Waals surface area contributed by atoms with E-state index in [2.05, 4.69) is 24.1 Å². The first-order chi connectivity index (χ1) is 18.0. The van der Waals surface area contributed by atoms with Gasteiger partial charge in [-0.15, -0.1) is 0 Å². The standard InChI is InChI=1S/C29H39FN4O4/c1-29(2)13-23-26(25(35)14-29)20-15-37-16-24(20)34(23)18-11-21(30)27(28(31)36)22(12-18)32-17-5-7-19(8-6-17)38-10-9-33(3)4/h11-12,17,19,32H,5-10,13-16H2,1-4H3,(H2,31,36). The number of hydrogen-bond acceptors (Lipinski definition) is 6. The quantitative estimate of drug-likeness (QED) is 0.535. The van der Waals surface area contributed by atoms with E-state index in [1.807, 2.05) is 18.7 Å². The van der Waals surface area contributed by atoms with Crippen molar-refractivity contribution in [3.8, 4) is 5.69 Å². The zero-order valence-electron chi connectivity index (χ0n) is 22.9. The number of nitrogens with two attached hydrogens (primary N) is 1. The van der Waals surface area contributed by atoms with Gasteiger partial charge in [-0.2, -0.15) is 0 Å². The summed E-state index contributed by atoms with van der Waals surface area (Å²) in [4.78, 5) is 27.5. The Kier molecular flexibility index (Phi) is 7.37. The van der Waals surface area contributed by atoms with E-state index in [1.54, 1.807) is 6.07 Å². The molecule has 0 saturated heterocycles. The predicted octanol–water partition coefficient (Wildman–Crippen LogP) is 4.20. The number of primary amides is 1. The zero-order chi connectivity index (χ0) is 27.2. The fourth-order valence-corrected chi connectivity index (χ4v) is 6.21. The second kappa shape index (κ2) is 10.4. The summed E-state index contributed by atoms with van der Waals surface area (Å²) in [6, 6.07) is 3.23. The molecule has 0 atom stereocenters. The van der Waals surface area contributed by atoms with Crippen molar-refractivity contribution in [2.75, 3.05) is 32.6 Å². The topological polar surface area (TPSA) is 98.8 Å². The highest BCUT2D eigenvalue weighted by molar-refractivity contribution is 6.01. The van der Waals surface area contributed by atoms with Crippen molar-refractivity contribution in [3.05, 3.63) is 46.0 Å². The maximum atomic E-state index is 15.5. The molecule has 1 fully saturated rings. The molecule has 2 aliphatic carbocycles. The van der Waals surface area contributed by atoms with Gasteiger partial charge in [0.05, 0.1) is 48.6 Å². The molecule has 5 rings (SSSR count). The van der Waals surface area contributed by atoms with Crippen molar-refractivity contribution in [3.63, 3.8) is 0 Å². The molecule has 1 saturated carbocycles. The van der Waals surface area contributed by atoms with Crippen LogP contribution in [0, 0.1) is 11.2 Å². The minimum Gasteiger partial charge on any atom is -0.382 e. The van der Waals surface area contributed by atoms with Crippen molar-refractivity contribution in [1.29, 1.82) is 0 Å². The Balaban J connectivity index is 1.45. The molecular formula is C29H39FN4O4. The first kappa shape index (κ1) is 26.8. The molecule has 3 N–H and O–H groups in total. The summed E-state index contributed by atoms with van der Waals surface area (Å²) in [6.07, 6.45) is 4.86. The second-order valence-electron chi connectivity index (χ2n) is 12.0. The molecule has 0 unspecified atom stereocenters. The maximum Gasteiger partial charge on any atom is 0.253 e. The molecule has 8 nitrogen and oxygen atoms in total. The summed E-state index contributed by atoms with van der Waals surface area (Å²) in [5.74, 6) is -1.37. The van der Waals surface area contributed by atoms with Crippen molar-refractivity contribution in [2.45, 2.75) is 77.7 Å². The molecule has 0 radical (unpaired) electrons. The third-order valence-electron chi connectivity index (χ3n) is 8.03. The minimum absolute atomic E-state index is 0.0737. The van der Waals surface area contributed by atoms with Crippen LogP contribution in [0.2, 0.25) is 0 Å². The lowest BCUT2D eigenvalue weighted by molar-refractivity contribution is 0.0196. The van der Waals surface area contributed by atoms with E-state index in [-0.39, 0.29) is 28.9 Å². The molecule has 9 heteroatoms. The number of Topliss-reactive ketones (excluding diaryl/α,β-unsaturated/α-hetero) is 1. The lowest BCUT2D eigenvalue weighted by Crippen LogP contribution is -2.32. The van der Waals surface area contributed by atoms with Gasteiger partial charge in [-0.3, -0.25) is 9.59 Å². The predicted molar refractivity (Wildman–Crippen MR) is 143 cm³/mol. The summed E-state index contributed by atoms with van der Waals surface area (Å²) in [7, 11) is 4.05. The van der Waals surface area contributed by atoms with E-state index in [4.69, 9.17) is 15.2 Å². The highest BCUT2D eigenvalue weighted by Crippen LogP contribution is 2.43. The molecular weight excluding hydrogens is 487 g/mol. The molecule has 2 heterocycles. The van der Waals surface area contributed by atoms with Crippen LogP contribution in [0.4, 0.5) is 10.1 Å². The smallest absolute Gasteiger partial charge is 0.253 e. The van der Waals surface area contributed by atoms with Crippen molar-refractivity contribution < 1.29 is 23.5 Å². The van der Waals surface area contributed by atoms with E-state index < -0.39 is 11.7 Å². The molecule has 0 bridgehead atoms. The van der Waals surface area contributed by atoms with Gasteiger partial charge in [-0.1, -0.05) is 13.8 Å². The Bertz CT molecular complexity index is 1240. The highest BCUT2D eigenvalue weighted by atomic mass is 19.1. The Hall–Kier alpha value is -2.75. The van der Waals surface area contributed by atoms with E-state index in [0.29, 0.717) is 44.0 Å². The Morgan fingerprint density at radius 1 is 1.18 bits per heavy atom. The van der Waals surface area contributed by atoms with Crippen LogP contribution in [0.5, 0.6) is 0 Å². The lowest BCUT2D eigenvalue weighted by atomic mass is 9.75. The fraction of sp³-hybridized carbons (Fsp3) is 0.586. The van der Waals surface area contributed by atoms with Gasteiger partial charge in [0.25, 0.3) is 5.91 Å². The number of carbonyl (C=O) groups is 2. The number of aromatic nitrogens is 1. The molecule has 1 aliphatic heterocycles. The van der Waals surface area contributed by atoms with Crippen LogP contribution in [-0.4, -0.2) is 60.6 Å². The Morgan fingerprint density at radius 2 is 1.92 bits per heavy atom. The van der Waals surface area contributed by atoms with Crippen LogP contribution in [-0.2, 0) is 29.1 Å². The normalized spacial score (nSPS) is 22.4. The van der Waals surface area contributed by atoms with Crippen LogP contribution >= 0.6 is 0 Å². The van der Waals surface area contributed by atoms with Crippen molar-refractivity contribution in [2.24, 2.45) is 11.1 Å². The fourth-order valence-electron chi connectivity index (χ4n) is 6.21. The van der Waals surface area contributed by atoms with E-state index >= 15 is 4.39 Å². The molecule has 0 spiro atoms. The van der Waals surface area contributed by atoms with Gasteiger partial charge in [-0.05, 0) is 63.7 Å². The number of nitrogens with zero attached hydrogens (tertiary/aromatic N) is 2. The van der Waals surface area contributed by atoms with E-state index in [9.17, 15) is 9.59 Å². The van der Waals surface area contributed by atoms with Gasteiger partial charge in [0.1, 0.15) is 5.82 Å². The molecule has 2 aromatic rings. The number of benzene rings is 1. The molecule has 3 aliphatic rings. The third-order valence-corrected chi connectivity index (χ3v) is 8.03. The average Bonchev–Trinajstić information content (AvgIpc) is 3.38. The van der Waals surface area contributed by atoms with Gasteiger partial charge in [0.2, 0.25) is 0 Å². The number of amides is 1. The third kappa shape index (κ3) is 5.24. The number of rotatable bonds is 8. The van der Waals surface area contributed by atoms with Gasteiger partial charge in [0.15, 0.2) is 5.78 Å². The minimum atomic E-state index is -0.809. The molecule has 38 heavy (non-hydrogen) atoms. The number of halogens is 1. The summed E-state index contributed by atoms with van der Waals surface area (Å²) < 4.78 is 29.2. The van der Waals surface area contributed by atoms with Crippen LogP contribution in [0.25, 0.3) is 5.69 Å². The number of ketones is 1. The summed E-state index contributed by atoms with van der Waals surface area (Å²) in [5.41, 5.74) is 9.66. The van der Waals surface area contributed by atoms with Gasteiger partial charge < -0.3 is 30.0 Å². The molecule has 206 valence electrons. The highest BCUT2D eigenvalue weighted by Gasteiger charge is 2.39. The first-order valence-corrected chi connectivity index (χ1v) is 13.6. The Labute approximate surface area is 223 Å². The Morgan fingerprint density at radius 3 is 2.61 bits per heavy atom. The summed E-state index contributed by atoms with van der Waals surface area (Å²) in [5, 5.41) is 3.43. The van der Waals surface area contributed by atoms with Crippen LogP contribution in [0.1, 0.15) is 83.6 Å². The number of anilines is 1. The molecule has 1 amide bonds. The lowest BCUT2D eigenvalue weighted by Gasteiger charge is -2.31. The van der Waals surface area contributed by atoms with Gasteiger partial charge in [-0.25, -0.2) is 4.39 Å². The van der Waals surface area contributed by atoms with Crippen molar-refractivity contribution in [1.82, 2.24) is 9.47 Å². The number of carbonyl (C=O) groups excluding carboxylic acids is 2. The molecule has 1 aromatic carbocycles. The number of ether oxygens (including phenoxy) is 2. The second-order valence-corrected chi connectivity index (χ2v) is 12.0. The van der Waals surface area contributed by atoms with E-state index in [0.717, 1.165) is 54.7 Å². The van der Waals surface area contributed by atoms with Crippen molar-refractivity contribution >= 4 is 17.4 Å². The van der Waals surface area contributed by atoms with Crippen LogP contribution < -0.4 is 11.1 Å². The SMILES string of the molecule is CN(C)CCOC1CCC(Nc2cc(-n3c4c(c5c3CC(C)(C)CC5=O)COC4)cc(F)c2C(N)=O)CC1. The monoisotopic (exact) mass is 526 g/mol. The van der Waals surface area contributed by atoms with Gasteiger partial charge in [0, 0.05) is 35.8 Å². The van der Waals surface area contributed by atoms with Gasteiger partial charge >= 0.3 is 0 Å². The van der Waals surface area contributed by atoms with Crippen LogP contribution in [0.15, 0.2) is 12.1 Å².